The molecule has 0 heterocycles. The van der Waals surface area contributed by atoms with Crippen molar-refractivity contribution in [3.05, 3.63) is 53.6 Å². The smallest absolute Gasteiger partial charge is 0.126 e. The molecular weight excluding hydrogens is 210 g/mol. The lowest BCUT2D eigenvalue weighted by Gasteiger charge is -2.10. The minimum absolute atomic E-state index is 0.302. The number of nitrogens with two attached hydrogens (primary N) is 1. The normalized spacial score (nSPS) is 16.5. The summed E-state index contributed by atoms with van der Waals surface area (Å²) in [5.41, 5.74) is 11.0. The van der Waals surface area contributed by atoms with E-state index in [-0.39, 0.29) is 0 Å². The Morgan fingerprint density at radius 3 is 2.59 bits per heavy atom. The first-order valence-electron chi connectivity index (χ1n) is 5.83. The van der Waals surface area contributed by atoms with E-state index in [9.17, 15) is 0 Å². The average molecular weight is 225 g/mol. The summed E-state index contributed by atoms with van der Waals surface area (Å²) in [6.45, 7) is 0.636. The molecular formula is C15H15NO. The second kappa shape index (κ2) is 3.90. The second-order valence-corrected chi connectivity index (χ2v) is 4.30. The Hall–Kier alpha value is -1.80. The third-order valence-electron chi connectivity index (χ3n) is 3.50. The van der Waals surface area contributed by atoms with Gasteiger partial charge >= 0.3 is 0 Å². The Balaban J connectivity index is 2.32. The SMILES string of the molecule is COc1cccc2c1-c1ccccc1C2CN. The second-order valence-electron chi connectivity index (χ2n) is 4.30. The fourth-order valence-electron chi connectivity index (χ4n) is 2.75. The Bertz CT molecular complexity index is 563. The molecule has 0 aromatic heterocycles. The van der Waals surface area contributed by atoms with Crippen molar-refractivity contribution in [2.75, 3.05) is 13.7 Å². The van der Waals surface area contributed by atoms with E-state index in [1.807, 2.05) is 12.1 Å². The molecule has 0 spiro atoms. The Kier molecular flexibility index (Phi) is 2.37. The molecule has 1 atom stereocenters. The minimum atomic E-state index is 0.302. The molecule has 1 aliphatic rings. The van der Waals surface area contributed by atoms with Crippen LogP contribution in [0.3, 0.4) is 0 Å². The van der Waals surface area contributed by atoms with Gasteiger partial charge in [-0.25, -0.2) is 0 Å². The van der Waals surface area contributed by atoms with Gasteiger partial charge in [0.1, 0.15) is 5.75 Å². The molecule has 86 valence electrons. The molecule has 2 nitrogen and oxygen atoms in total. The zero-order valence-corrected chi connectivity index (χ0v) is 9.81. The monoisotopic (exact) mass is 225 g/mol. The number of ether oxygens (including phenoxy) is 1. The summed E-state index contributed by atoms with van der Waals surface area (Å²) in [4.78, 5) is 0. The molecule has 3 rings (SSSR count). The topological polar surface area (TPSA) is 35.2 Å². The molecule has 0 radical (unpaired) electrons. The Morgan fingerprint density at radius 2 is 1.82 bits per heavy atom. The van der Waals surface area contributed by atoms with Gasteiger partial charge in [-0.2, -0.15) is 0 Å². The van der Waals surface area contributed by atoms with E-state index in [1.165, 1.54) is 22.3 Å². The summed E-state index contributed by atoms with van der Waals surface area (Å²) in [6.07, 6.45) is 0. The highest BCUT2D eigenvalue weighted by atomic mass is 16.5. The molecule has 17 heavy (non-hydrogen) atoms. The predicted molar refractivity (Wildman–Crippen MR) is 69.3 cm³/mol. The van der Waals surface area contributed by atoms with E-state index in [1.54, 1.807) is 7.11 Å². The maximum Gasteiger partial charge on any atom is 0.126 e. The molecule has 0 bridgehead atoms. The summed E-state index contributed by atoms with van der Waals surface area (Å²) in [5, 5.41) is 0. The standard InChI is InChI=1S/C15H15NO/c1-17-14-8-4-7-12-13(9-16)10-5-2-3-6-11(10)15(12)14/h2-8,13H,9,16H2,1H3. The summed E-state index contributed by atoms with van der Waals surface area (Å²) in [7, 11) is 1.72. The lowest BCUT2D eigenvalue weighted by Crippen LogP contribution is -2.11. The maximum atomic E-state index is 5.91. The zero-order chi connectivity index (χ0) is 11.8. The van der Waals surface area contributed by atoms with Crippen LogP contribution < -0.4 is 10.5 Å². The van der Waals surface area contributed by atoms with Crippen molar-refractivity contribution >= 4 is 0 Å². The van der Waals surface area contributed by atoms with Crippen molar-refractivity contribution in [2.24, 2.45) is 5.73 Å². The van der Waals surface area contributed by atoms with E-state index in [0.29, 0.717) is 12.5 Å². The fourth-order valence-corrected chi connectivity index (χ4v) is 2.75. The van der Waals surface area contributed by atoms with Gasteiger partial charge in [0, 0.05) is 18.0 Å². The van der Waals surface area contributed by atoms with Crippen LogP contribution in [0.2, 0.25) is 0 Å². The first-order chi connectivity index (χ1) is 8.36. The number of fused-ring (bicyclic) bond motifs is 3. The highest BCUT2D eigenvalue weighted by Gasteiger charge is 2.29. The molecule has 0 saturated carbocycles. The summed E-state index contributed by atoms with van der Waals surface area (Å²) in [5.74, 6) is 1.24. The van der Waals surface area contributed by atoms with Gasteiger partial charge in [-0.3, -0.25) is 0 Å². The van der Waals surface area contributed by atoms with E-state index >= 15 is 0 Å². The van der Waals surface area contributed by atoms with Crippen LogP contribution in [0.4, 0.5) is 0 Å². The quantitative estimate of drug-likeness (QED) is 0.853. The van der Waals surface area contributed by atoms with Crippen LogP contribution in [0.1, 0.15) is 17.0 Å². The van der Waals surface area contributed by atoms with Crippen LogP contribution >= 0.6 is 0 Å². The van der Waals surface area contributed by atoms with Crippen LogP contribution in [-0.4, -0.2) is 13.7 Å². The van der Waals surface area contributed by atoms with Gasteiger partial charge in [-0.15, -0.1) is 0 Å². The number of rotatable bonds is 2. The maximum absolute atomic E-state index is 5.91. The van der Waals surface area contributed by atoms with E-state index < -0.39 is 0 Å². The van der Waals surface area contributed by atoms with Crippen molar-refractivity contribution in [3.8, 4) is 16.9 Å². The average Bonchev–Trinajstić information content (AvgIpc) is 2.72. The molecule has 0 saturated heterocycles. The third-order valence-corrected chi connectivity index (χ3v) is 3.50. The fraction of sp³-hybridized carbons (Fsp3) is 0.200. The van der Waals surface area contributed by atoms with Crippen molar-refractivity contribution in [3.63, 3.8) is 0 Å². The number of benzene rings is 2. The van der Waals surface area contributed by atoms with Gasteiger partial charge in [0.25, 0.3) is 0 Å². The summed E-state index contributed by atoms with van der Waals surface area (Å²) in [6, 6.07) is 14.6. The third kappa shape index (κ3) is 1.38. The van der Waals surface area contributed by atoms with E-state index in [2.05, 4.69) is 30.3 Å². The van der Waals surface area contributed by atoms with Gasteiger partial charge in [0.2, 0.25) is 0 Å². The highest BCUT2D eigenvalue weighted by Crippen LogP contribution is 2.48. The van der Waals surface area contributed by atoms with Gasteiger partial charge in [0.05, 0.1) is 7.11 Å². The van der Waals surface area contributed by atoms with E-state index in [0.717, 1.165) is 5.75 Å². The molecule has 2 aromatic carbocycles. The lowest BCUT2D eigenvalue weighted by molar-refractivity contribution is 0.416. The van der Waals surface area contributed by atoms with Crippen LogP contribution in [-0.2, 0) is 0 Å². The summed E-state index contributed by atoms with van der Waals surface area (Å²) >= 11 is 0. The van der Waals surface area contributed by atoms with Crippen molar-refractivity contribution in [1.82, 2.24) is 0 Å². The van der Waals surface area contributed by atoms with Crippen LogP contribution in [0.25, 0.3) is 11.1 Å². The first-order valence-corrected chi connectivity index (χ1v) is 5.83. The zero-order valence-electron chi connectivity index (χ0n) is 9.81. The van der Waals surface area contributed by atoms with Crippen molar-refractivity contribution in [1.29, 1.82) is 0 Å². The Morgan fingerprint density at radius 1 is 1.06 bits per heavy atom. The van der Waals surface area contributed by atoms with Crippen LogP contribution in [0.15, 0.2) is 42.5 Å². The number of hydrogen-bond acceptors (Lipinski definition) is 2. The molecule has 2 N–H and O–H groups in total. The number of hydrogen-bond donors (Lipinski definition) is 1. The molecule has 0 fully saturated rings. The van der Waals surface area contributed by atoms with E-state index in [4.69, 9.17) is 10.5 Å². The van der Waals surface area contributed by atoms with Gasteiger partial charge < -0.3 is 10.5 Å². The molecule has 2 heteroatoms. The lowest BCUT2D eigenvalue weighted by atomic mass is 9.97. The summed E-state index contributed by atoms with van der Waals surface area (Å²) < 4.78 is 5.47. The van der Waals surface area contributed by atoms with Gasteiger partial charge in [0.15, 0.2) is 0 Å². The van der Waals surface area contributed by atoms with Crippen molar-refractivity contribution < 1.29 is 4.74 Å². The molecule has 1 aliphatic carbocycles. The Labute approximate surface area is 101 Å². The molecule has 1 unspecified atom stereocenters. The largest absolute Gasteiger partial charge is 0.496 e. The molecule has 2 aromatic rings. The van der Waals surface area contributed by atoms with Crippen molar-refractivity contribution in [2.45, 2.75) is 5.92 Å². The molecule has 0 amide bonds. The first kappa shape index (κ1) is 10.4. The number of methoxy groups -OCH3 is 1. The molecule has 0 aliphatic heterocycles. The predicted octanol–water partition coefficient (Wildman–Crippen LogP) is 2.77. The van der Waals surface area contributed by atoms with Gasteiger partial charge in [-0.1, -0.05) is 36.4 Å². The van der Waals surface area contributed by atoms with Crippen LogP contribution in [0.5, 0.6) is 5.75 Å². The highest BCUT2D eigenvalue weighted by molar-refractivity contribution is 5.83. The van der Waals surface area contributed by atoms with Crippen LogP contribution in [0, 0.1) is 0 Å². The minimum Gasteiger partial charge on any atom is -0.496 e. The van der Waals surface area contributed by atoms with Gasteiger partial charge in [-0.05, 0) is 22.8 Å².